The van der Waals surface area contributed by atoms with Crippen molar-refractivity contribution in [3.05, 3.63) is 131 Å². The summed E-state index contributed by atoms with van der Waals surface area (Å²) in [5, 5.41) is 6.25. The lowest BCUT2D eigenvalue weighted by Crippen LogP contribution is -2.20. The molecule has 0 aliphatic rings. The summed E-state index contributed by atoms with van der Waals surface area (Å²) in [6, 6.07) is 20.8. The summed E-state index contributed by atoms with van der Waals surface area (Å²) in [6.07, 6.45) is 15.0. The average Bonchev–Trinajstić information content (AvgIpc) is 2.99. The molecule has 0 saturated carbocycles. The van der Waals surface area contributed by atoms with Gasteiger partial charge in [-0.2, -0.15) is 0 Å². The number of carbonyl (C=O) groups excluding carboxylic acids is 1. The van der Waals surface area contributed by atoms with Crippen LogP contribution in [0.5, 0.6) is 11.5 Å². The van der Waals surface area contributed by atoms with Crippen LogP contribution < -0.4 is 20.1 Å². The quantitative estimate of drug-likeness (QED) is 0.164. The molecule has 0 spiro atoms. The van der Waals surface area contributed by atoms with Gasteiger partial charge in [-0.25, -0.2) is 0 Å². The molecular weight excluding hydrogens is 544 g/mol. The third-order valence-corrected chi connectivity index (χ3v) is 7.23. The second-order valence-electron chi connectivity index (χ2n) is 12.8. The molecule has 0 fully saturated rings. The number of carbonyl (C=O) groups is 1. The standard InChI is InChI=1S/C39H48N2O3/c1-38(2,3)33-22-20-31(35(25-33)43-7)13-9-10-15-37(42)41-28-30-18-16-29(17-19-30)27-40-24-12-11-14-32-21-23-34(39(4,5)6)26-36(32)44-8/h9-26,40H,27-28H2,1-8H3,(H,41,42)/b13-9+,14-11+,15-10+,24-12?. The van der Waals surface area contributed by atoms with E-state index in [1.54, 1.807) is 20.3 Å². The van der Waals surface area contributed by atoms with Crippen molar-refractivity contribution in [3.63, 3.8) is 0 Å². The highest BCUT2D eigenvalue weighted by Crippen LogP contribution is 2.30. The maximum absolute atomic E-state index is 12.3. The second kappa shape index (κ2) is 15.8. The van der Waals surface area contributed by atoms with Gasteiger partial charge >= 0.3 is 0 Å². The zero-order valence-electron chi connectivity index (χ0n) is 27.5. The predicted molar refractivity (Wildman–Crippen MR) is 185 cm³/mol. The van der Waals surface area contributed by atoms with Crippen LogP contribution in [0.1, 0.15) is 74.9 Å². The molecule has 0 bridgehead atoms. The Kier molecular flexibility index (Phi) is 12.2. The van der Waals surface area contributed by atoms with Crippen LogP contribution >= 0.6 is 0 Å². The molecule has 3 rings (SSSR count). The van der Waals surface area contributed by atoms with Gasteiger partial charge in [0.05, 0.1) is 14.2 Å². The molecule has 0 saturated heterocycles. The summed E-state index contributed by atoms with van der Waals surface area (Å²) in [5.74, 6) is 1.55. The summed E-state index contributed by atoms with van der Waals surface area (Å²) < 4.78 is 11.1. The van der Waals surface area contributed by atoms with E-state index in [1.807, 2.05) is 54.8 Å². The second-order valence-corrected chi connectivity index (χ2v) is 12.8. The van der Waals surface area contributed by atoms with Gasteiger partial charge in [0.15, 0.2) is 0 Å². The van der Waals surface area contributed by atoms with Crippen molar-refractivity contribution >= 4 is 18.1 Å². The molecule has 0 atom stereocenters. The fourth-order valence-electron chi connectivity index (χ4n) is 4.42. The number of nitrogens with one attached hydrogen (secondary N) is 2. The van der Waals surface area contributed by atoms with E-state index in [4.69, 9.17) is 9.47 Å². The first-order chi connectivity index (χ1) is 20.9. The Balaban J connectivity index is 1.42. The number of rotatable bonds is 12. The lowest BCUT2D eigenvalue weighted by Gasteiger charge is -2.20. The zero-order chi connectivity index (χ0) is 32.2. The Morgan fingerprint density at radius 2 is 1.14 bits per heavy atom. The number of ether oxygens (including phenoxy) is 2. The van der Waals surface area contributed by atoms with E-state index in [-0.39, 0.29) is 16.7 Å². The topological polar surface area (TPSA) is 59.6 Å². The fraction of sp³-hybridized carbons (Fsp3) is 0.308. The monoisotopic (exact) mass is 592 g/mol. The summed E-state index contributed by atoms with van der Waals surface area (Å²) in [6.45, 7) is 14.3. The summed E-state index contributed by atoms with van der Waals surface area (Å²) >= 11 is 0. The Bertz CT molecular complexity index is 1500. The van der Waals surface area contributed by atoms with Crippen LogP contribution in [-0.4, -0.2) is 20.1 Å². The molecule has 0 unspecified atom stereocenters. The van der Waals surface area contributed by atoms with Gasteiger partial charge < -0.3 is 20.1 Å². The van der Waals surface area contributed by atoms with Crippen LogP contribution in [0.3, 0.4) is 0 Å². The maximum Gasteiger partial charge on any atom is 0.244 e. The fourth-order valence-corrected chi connectivity index (χ4v) is 4.42. The third-order valence-electron chi connectivity index (χ3n) is 7.23. The molecule has 5 heteroatoms. The maximum atomic E-state index is 12.3. The molecule has 3 aromatic carbocycles. The van der Waals surface area contributed by atoms with Crippen molar-refractivity contribution in [1.82, 2.24) is 10.6 Å². The van der Waals surface area contributed by atoms with Crippen LogP contribution in [0.15, 0.2) is 97.2 Å². The summed E-state index contributed by atoms with van der Waals surface area (Å²) in [4.78, 5) is 12.3. The first-order valence-corrected chi connectivity index (χ1v) is 15.0. The van der Waals surface area contributed by atoms with E-state index in [2.05, 4.69) is 94.6 Å². The molecule has 3 aromatic rings. The lowest BCUT2D eigenvalue weighted by molar-refractivity contribution is -0.116. The average molecular weight is 593 g/mol. The Labute approximate surface area is 264 Å². The first kappa shape index (κ1) is 34.0. The van der Waals surface area contributed by atoms with E-state index in [9.17, 15) is 4.79 Å². The SMILES string of the molecule is COc1cc(C(C)(C)C)ccc1/C=C/C=CNCc1ccc(CNC(=O)/C=C/C=C/c2ccc(C(C)(C)C)cc2OC)cc1. The molecule has 232 valence electrons. The van der Waals surface area contributed by atoms with Gasteiger partial charge in [0.25, 0.3) is 0 Å². The van der Waals surface area contributed by atoms with Gasteiger partial charge in [-0.3, -0.25) is 4.79 Å². The highest BCUT2D eigenvalue weighted by Gasteiger charge is 2.16. The third kappa shape index (κ3) is 10.6. The van der Waals surface area contributed by atoms with Gasteiger partial charge in [0.1, 0.15) is 11.5 Å². The normalized spacial score (nSPS) is 12.5. The van der Waals surface area contributed by atoms with Gasteiger partial charge in [-0.15, -0.1) is 0 Å². The van der Waals surface area contributed by atoms with Crippen molar-refractivity contribution in [2.45, 2.75) is 65.5 Å². The zero-order valence-corrected chi connectivity index (χ0v) is 27.5. The van der Waals surface area contributed by atoms with E-state index in [1.165, 1.54) is 17.2 Å². The number of allylic oxidation sites excluding steroid dienone is 4. The predicted octanol–water partition coefficient (Wildman–Crippen LogP) is 8.50. The molecule has 0 aromatic heterocycles. The molecule has 1 amide bonds. The lowest BCUT2D eigenvalue weighted by atomic mass is 9.86. The van der Waals surface area contributed by atoms with E-state index in [0.29, 0.717) is 13.1 Å². The molecule has 0 aliphatic carbocycles. The number of methoxy groups -OCH3 is 2. The van der Waals surface area contributed by atoms with Crippen molar-refractivity contribution in [1.29, 1.82) is 0 Å². The van der Waals surface area contributed by atoms with Crippen LogP contribution in [0.4, 0.5) is 0 Å². The van der Waals surface area contributed by atoms with Crippen molar-refractivity contribution in [2.75, 3.05) is 14.2 Å². The largest absolute Gasteiger partial charge is 0.496 e. The molecular formula is C39H48N2O3. The molecule has 44 heavy (non-hydrogen) atoms. The van der Waals surface area contributed by atoms with Gasteiger partial charge in [0.2, 0.25) is 5.91 Å². The van der Waals surface area contributed by atoms with Gasteiger partial charge in [-0.1, -0.05) is 120 Å². The van der Waals surface area contributed by atoms with Crippen molar-refractivity contribution < 1.29 is 14.3 Å². The highest BCUT2D eigenvalue weighted by atomic mass is 16.5. The molecule has 5 nitrogen and oxygen atoms in total. The molecule has 0 aliphatic heterocycles. The minimum absolute atomic E-state index is 0.0516. The van der Waals surface area contributed by atoms with E-state index >= 15 is 0 Å². The van der Waals surface area contributed by atoms with Crippen LogP contribution in [0, 0.1) is 0 Å². The van der Waals surface area contributed by atoms with E-state index < -0.39 is 0 Å². The van der Waals surface area contributed by atoms with Crippen LogP contribution in [-0.2, 0) is 28.7 Å². The van der Waals surface area contributed by atoms with Crippen molar-refractivity contribution in [3.8, 4) is 11.5 Å². The summed E-state index contributed by atoms with van der Waals surface area (Å²) in [5.41, 5.74) is 6.80. The minimum atomic E-state index is -0.142. The van der Waals surface area contributed by atoms with Crippen LogP contribution in [0.25, 0.3) is 12.2 Å². The number of benzene rings is 3. The number of amides is 1. The molecule has 0 radical (unpaired) electrons. The first-order valence-electron chi connectivity index (χ1n) is 15.0. The minimum Gasteiger partial charge on any atom is -0.496 e. The van der Waals surface area contributed by atoms with Crippen molar-refractivity contribution in [2.24, 2.45) is 0 Å². The van der Waals surface area contributed by atoms with Gasteiger partial charge in [-0.05, 0) is 57.5 Å². The molecule has 0 heterocycles. The van der Waals surface area contributed by atoms with Crippen LogP contribution in [0.2, 0.25) is 0 Å². The Morgan fingerprint density at radius 3 is 1.61 bits per heavy atom. The highest BCUT2D eigenvalue weighted by molar-refractivity contribution is 5.87. The van der Waals surface area contributed by atoms with E-state index in [0.717, 1.165) is 33.8 Å². The Morgan fingerprint density at radius 1 is 0.659 bits per heavy atom. The number of hydrogen-bond donors (Lipinski definition) is 2. The van der Waals surface area contributed by atoms with Gasteiger partial charge in [0, 0.05) is 30.3 Å². The molecule has 2 N–H and O–H groups in total. The number of hydrogen-bond acceptors (Lipinski definition) is 4. The Hall–Kier alpha value is -4.51. The summed E-state index contributed by atoms with van der Waals surface area (Å²) in [7, 11) is 3.38. The smallest absolute Gasteiger partial charge is 0.244 e.